The predicted molar refractivity (Wildman–Crippen MR) is 193 cm³/mol. The molecule has 5 rings (SSSR count). The van der Waals surface area contributed by atoms with Crippen molar-refractivity contribution in [2.75, 3.05) is 6.54 Å². The molecule has 3 aromatic heterocycles. The number of rotatable bonds is 12. The SMILES string of the molecule is CCC[C@H](NC(=O)C1C[C@@H](Oc2nc(-c3ccccn3)nc3ccsc23)CN1C(=O)[C@@H](NC(=O)NC(C)(C)C)C(C)(C)C)C(=O)C(=O)NC1CC1. The fraction of sp³-hybridized carbons (Fsp3) is 0.556. The average Bonchev–Trinajstić information content (AvgIpc) is 3.56. The summed E-state index contributed by atoms with van der Waals surface area (Å²) in [4.78, 5) is 82.7. The maximum Gasteiger partial charge on any atom is 0.315 e. The molecule has 0 spiro atoms. The normalized spacial score (nSPS) is 18.8. The lowest BCUT2D eigenvalue weighted by atomic mass is 9.85. The van der Waals surface area contributed by atoms with Crippen LogP contribution < -0.4 is 26.0 Å². The summed E-state index contributed by atoms with van der Waals surface area (Å²) in [6, 6.07) is 3.57. The van der Waals surface area contributed by atoms with Crippen LogP contribution in [0.2, 0.25) is 0 Å². The van der Waals surface area contributed by atoms with Crippen LogP contribution in [-0.4, -0.2) is 91.7 Å². The van der Waals surface area contributed by atoms with E-state index in [-0.39, 0.29) is 25.4 Å². The van der Waals surface area contributed by atoms with Crippen molar-refractivity contribution in [1.29, 1.82) is 0 Å². The quantitative estimate of drug-likeness (QED) is 0.203. The largest absolute Gasteiger partial charge is 0.471 e. The first-order chi connectivity index (χ1) is 24.0. The number of aromatic nitrogens is 3. The molecule has 14 nitrogen and oxygen atoms in total. The van der Waals surface area contributed by atoms with E-state index in [0.29, 0.717) is 34.0 Å². The molecule has 0 aromatic carbocycles. The summed E-state index contributed by atoms with van der Waals surface area (Å²) >= 11 is 1.40. The number of pyridine rings is 1. The lowest BCUT2D eigenvalue weighted by molar-refractivity contribution is -0.144. The van der Waals surface area contributed by atoms with Crippen molar-refractivity contribution < 1.29 is 28.7 Å². The van der Waals surface area contributed by atoms with Gasteiger partial charge in [-0.2, -0.15) is 4.98 Å². The van der Waals surface area contributed by atoms with Crippen molar-refractivity contribution in [3.63, 3.8) is 0 Å². The van der Waals surface area contributed by atoms with Crippen molar-refractivity contribution in [2.24, 2.45) is 5.41 Å². The van der Waals surface area contributed by atoms with Gasteiger partial charge in [-0.25, -0.2) is 9.78 Å². The number of Topliss-reactive ketones (excluding diaryl/α,β-unsaturated/α-hetero) is 1. The van der Waals surface area contributed by atoms with Crippen molar-refractivity contribution >= 4 is 51.1 Å². The number of nitrogens with one attached hydrogen (secondary N) is 4. The van der Waals surface area contributed by atoms with Crippen LogP contribution in [0.3, 0.4) is 0 Å². The molecule has 51 heavy (non-hydrogen) atoms. The Labute approximate surface area is 301 Å². The molecule has 15 heteroatoms. The van der Waals surface area contributed by atoms with E-state index in [1.807, 2.05) is 66.0 Å². The van der Waals surface area contributed by atoms with Gasteiger partial charge in [-0.3, -0.25) is 24.2 Å². The van der Waals surface area contributed by atoms with Gasteiger partial charge in [0, 0.05) is 24.2 Å². The topological polar surface area (TPSA) is 185 Å². The summed E-state index contributed by atoms with van der Waals surface area (Å²) in [5, 5.41) is 13.0. The number of likely N-dealkylation sites (tertiary alicyclic amines) is 1. The van der Waals surface area contributed by atoms with Gasteiger partial charge in [0.2, 0.25) is 23.5 Å². The summed E-state index contributed by atoms with van der Waals surface area (Å²) in [7, 11) is 0. The Kier molecular flexibility index (Phi) is 11.3. The fourth-order valence-corrected chi connectivity index (χ4v) is 6.61. The number of thiophene rings is 1. The van der Waals surface area contributed by atoms with Crippen LogP contribution in [0.4, 0.5) is 4.79 Å². The molecule has 4 heterocycles. The molecule has 0 radical (unpaired) electrons. The molecule has 1 unspecified atom stereocenters. The molecule has 0 bridgehead atoms. The van der Waals surface area contributed by atoms with E-state index in [2.05, 4.69) is 31.2 Å². The zero-order valence-corrected chi connectivity index (χ0v) is 31.1. The van der Waals surface area contributed by atoms with E-state index in [4.69, 9.17) is 9.72 Å². The maximum absolute atomic E-state index is 14.5. The Balaban J connectivity index is 1.45. The highest BCUT2D eigenvalue weighted by molar-refractivity contribution is 7.17. The maximum atomic E-state index is 14.5. The van der Waals surface area contributed by atoms with Gasteiger partial charge in [-0.1, -0.05) is 40.2 Å². The first-order valence-corrected chi connectivity index (χ1v) is 18.3. The molecular weight excluding hydrogens is 673 g/mol. The molecule has 2 fully saturated rings. The number of urea groups is 1. The van der Waals surface area contributed by atoms with E-state index in [9.17, 15) is 24.0 Å². The van der Waals surface area contributed by atoms with Gasteiger partial charge in [-0.15, -0.1) is 11.3 Å². The zero-order chi connectivity index (χ0) is 37.1. The predicted octanol–water partition coefficient (Wildman–Crippen LogP) is 3.75. The van der Waals surface area contributed by atoms with Crippen LogP contribution in [0.25, 0.3) is 21.7 Å². The number of carbonyl (C=O) groups excluding carboxylic acids is 5. The number of ether oxygens (including phenoxy) is 1. The van der Waals surface area contributed by atoms with E-state index >= 15 is 0 Å². The molecule has 4 N–H and O–H groups in total. The van der Waals surface area contributed by atoms with Crippen LogP contribution in [-0.2, 0) is 19.2 Å². The summed E-state index contributed by atoms with van der Waals surface area (Å²) in [6.45, 7) is 12.8. The standard InChI is InChI=1S/C36H48N8O6S/c1-8-11-22(26(45)31(47)38-20-13-14-20)40-30(46)25-18-21(19-44(25)33(48)28(35(2,3)4)41-34(49)43-36(5,6)7)50-32-27-23(15-17-51-27)39-29(42-32)24-12-9-10-16-37-24/h9-10,12,15-17,20-22,25,28H,8,11,13-14,18-19H2,1-7H3,(H,38,47)(H,40,46)(H2,41,43,49)/t21-,22+,25?,28-/m1/s1. The van der Waals surface area contributed by atoms with Crippen LogP contribution in [0, 0.1) is 5.41 Å². The third kappa shape index (κ3) is 9.57. The summed E-state index contributed by atoms with van der Waals surface area (Å²) < 4.78 is 7.20. The zero-order valence-electron chi connectivity index (χ0n) is 30.2. The summed E-state index contributed by atoms with van der Waals surface area (Å²) in [5.41, 5.74) is -0.0870. The molecular formula is C36H48N8O6S. The van der Waals surface area contributed by atoms with E-state index in [1.54, 1.807) is 18.3 Å². The minimum Gasteiger partial charge on any atom is -0.471 e. The molecule has 1 aliphatic heterocycles. The average molecular weight is 721 g/mol. The van der Waals surface area contributed by atoms with Crippen LogP contribution in [0.15, 0.2) is 35.8 Å². The van der Waals surface area contributed by atoms with E-state index in [1.165, 1.54) is 16.2 Å². The van der Waals surface area contributed by atoms with Gasteiger partial charge < -0.3 is 30.9 Å². The van der Waals surface area contributed by atoms with E-state index in [0.717, 1.165) is 12.8 Å². The van der Waals surface area contributed by atoms with Gasteiger partial charge in [0.25, 0.3) is 5.91 Å². The molecule has 3 aromatic rings. The van der Waals surface area contributed by atoms with Crippen molar-refractivity contribution in [3.8, 4) is 17.4 Å². The highest BCUT2D eigenvalue weighted by atomic mass is 32.1. The number of hydrogen-bond acceptors (Lipinski definition) is 10. The number of ketones is 1. The lowest BCUT2D eigenvalue weighted by Gasteiger charge is -2.36. The Morgan fingerprint density at radius 1 is 1.02 bits per heavy atom. The van der Waals surface area contributed by atoms with Gasteiger partial charge in [0.15, 0.2) is 5.82 Å². The van der Waals surface area contributed by atoms with Gasteiger partial charge in [-0.05, 0) is 69.0 Å². The third-order valence-corrected chi connectivity index (χ3v) is 9.41. The first kappa shape index (κ1) is 37.6. The third-order valence-electron chi connectivity index (χ3n) is 8.52. The number of nitrogens with zero attached hydrogens (tertiary/aromatic N) is 4. The molecule has 4 atom stereocenters. The molecule has 1 saturated heterocycles. The number of carbonyl (C=O) groups is 5. The van der Waals surface area contributed by atoms with Crippen molar-refractivity contribution in [1.82, 2.24) is 41.1 Å². The molecule has 2 aliphatic rings. The highest BCUT2D eigenvalue weighted by Crippen LogP contribution is 2.34. The Hall–Kier alpha value is -4.66. The monoisotopic (exact) mass is 720 g/mol. The second kappa shape index (κ2) is 15.3. The number of amides is 5. The van der Waals surface area contributed by atoms with Crippen LogP contribution in [0.1, 0.15) is 80.6 Å². The minimum atomic E-state index is -1.07. The minimum absolute atomic E-state index is 0.00355. The molecule has 274 valence electrons. The smallest absolute Gasteiger partial charge is 0.315 e. The summed E-state index contributed by atoms with van der Waals surface area (Å²) in [5.74, 6) is -1.88. The Morgan fingerprint density at radius 2 is 1.76 bits per heavy atom. The molecule has 1 aliphatic carbocycles. The Morgan fingerprint density at radius 3 is 2.39 bits per heavy atom. The van der Waals surface area contributed by atoms with Crippen molar-refractivity contribution in [3.05, 3.63) is 35.8 Å². The van der Waals surface area contributed by atoms with Crippen molar-refractivity contribution in [2.45, 2.75) is 116 Å². The number of hydrogen-bond donors (Lipinski definition) is 4. The first-order valence-electron chi connectivity index (χ1n) is 17.4. The van der Waals surface area contributed by atoms with Crippen LogP contribution in [0.5, 0.6) is 5.88 Å². The number of fused-ring (bicyclic) bond motifs is 1. The van der Waals surface area contributed by atoms with Crippen LogP contribution >= 0.6 is 11.3 Å². The lowest BCUT2D eigenvalue weighted by Crippen LogP contribution is -2.61. The van der Waals surface area contributed by atoms with Gasteiger partial charge in [0.05, 0.1) is 18.1 Å². The second-order valence-electron chi connectivity index (χ2n) is 15.3. The highest BCUT2D eigenvalue weighted by Gasteiger charge is 2.47. The molecule has 1 saturated carbocycles. The summed E-state index contributed by atoms with van der Waals surface area (Å²) in [6.07, 6.45) is 3.44. The fourth-order valence-electron chi connectivity index (χ4n) is 5.85. The van der Waals surface area contributed by atoms with Gasteiger partial charge >= 0.3 is 6.03 Å². The van der Waals surface area contributed by atoms with E-state index < -0.39 is 64.7 Å². The second-order valence-corrected chi connectivity index (χ2v) is 16.2. The molecule has 5 amide bonds. The van der Waals surface area contributed by atoms with Gasteiger partial charge in [0.1, 0.15) is 28.6 Å². The Bertz CT molecular complexity index is 1760.